The topological polar surface area (TPSA) is 40.9 Å². The smallest absolute Gasteiger partial charge is 1.00 e. The van der Waals surface area contributed by atoms with Crippen LogP contribution in [0.3, 0.4) is 0 Å². The third kappa shape index (κ3) is 13.2. The Labute approximate surface area is 297 Å². The summed E-state index contributed by atoms with van der Waals surface area (Å²) in [5, 5.41) is 0. The van der Waals surface area contributed by atoms with Crippen molar-refractivity contribution in [1.82, 2.24) is 0 Å². The Kier molecular flexibility index (Phi) is 27.1. The molecule has 249 valence electrons. The van der Waals surface area contributed by atoms with Gasteiger partial charge in [-0.2, -0.15) is 0 Å². The zero-order valence-corrected chi connectivity index (χ0v) is 33.4. The molecule has 0 aromatic heterocycles. The third-order valence-electron chi connectivity index (χ3n) is 10.6. The first-order valence-corrected chi connectivity index (χ1v) is 21.1. The summed E-state index contributed by atoms with van der Waals surface area (Å²) in [5.74, 6) is 0.124. The van der Waals surface area contributed by atoms with Gasteiger partial charge in [-0.3, -0.25) is 0 Å². The molecule has 1 radical (unpaired) electrons. The Morgan fingerprint density at radius 3 is 1.77 bits per heavy atom. The van der Waals surface area contributed by atoms with Crippen molar-refractivity contribution >= 4 is 14.7 Å². The predicted molar refractivity (Wildman–Crippen MR) is 181 cm³/mol. The van der Waals surface area contributed by atoms with E-state index in [-0.39, 0.29) is 52.4 Å². The van der Waals surface area contributed by atoms with E-state index in [2.05, 4.69) is 40.8 Å². The summed E-state index contributed by atoms with van der Waals surface area (Å²) in [5.41, 5.74) is 15.2. The quantitative estimate of drug-likeness (QED) is 0.131. The number of hydrogen-bond acceptors (Lipinski definition) is 1. The number of hydrogen-bond donors (Lipinski definition) is 0. The van der Waals surface area contributed by atoms with Gasteiger partial charge in [-0.15, -0.1) is 0 Å². The Morgan fingerprint density at radius 1 is 0.744 bits per heavy atom. The van der Waals surface area contributed by atoms with Crippen molar-refractivity contribution in [1.29, 1.82) is 0 Å². The van der Waals surface area contributed by atoms with Crippen LogP contribution in [0.1, 0.15) is 175 Å². The molecule has 2 aliphatic rings. The van der Waals surface area contributed by atoms with Gasteiger partial charge in [0, 0.05) is 14.2 Å². The van der Waals surface area contributed by atoms with Gasteiger partial charge in [0.25, 0.3) is 0 Å². The van der Waals surface area contributed by atoms with E-state index in [9.17, 15) is 4.79 Å². The van der Waals surface area contributed by atoms with Crippen LogP contribution < -0.4 is 24.8 Å². The first-order chi connectivity index (χ1) is 19.4. The summed E-state index contributed by atoms with van der Waals surface area (Å²) in [6, 6.07) is 0. The van der Waals surface area contributed by atoms with Crippen molar-refractivity contribution in [2.45, 2.75) is 194 Å². The predicted octanol–water partition coefficient (Wildman–Crippen LogP) is 6.70. The van der Waals surface area contributed by atoms with Gasteiger partial charge in [0.05, 0.1) is 5.91 Å². The van der Waals surface area contributed by atoms with E-state index in [4.69, 9.17) is 5.73 Å². The van der Waals surface area contributed by atoms with Crippen LogP contribution in [-0.2, 0) is 26.5 Å². The Bertz CT molecular complexity index is 814. The number of amides is 1. The molecular weight excluding hydrogens is 621 g/mol. The van der Waals surface area contributed by atoms with Crippen molar-refractivity contribution in [3.8, 4) is 0 Å². The summed E-state index contributed by atoms with van der Waals surface area (Å²) < 4.78 is 0. The molecule has 1 fully saturated rings. The maximum absolute atomic E-state index is 14.0. The van der Waals surface area contributed by atoms with E-state index in [0.717, 1.165) is 19.3 Å². The monoisotopic (exact) mass is 688 g/mol. The van der Waals surface area contributed by atoms with E-state index in [1.807, 2.05) is 0 Å². The Balaban J connectivity index is 0. The minimum Gasteiger partial charge on any atom is -1.00 e. The average molecular weight is 690 g/mol. The van der Waals surface area contributed by atoms with Gasteiger partial charge in [0.15, 0.2) is 0 Å². The number of nitrogens with one attached hydrogen (secondary N) is 1. The second-order valence-corrected chi connectivity index (χ2v) is 17.1. The van der Waals surface area contributed by atoms with E-state index in [1.165, 1.54) is 140 Å². The van der Waals surface area contributed by atoms with Gasteiger partial charge >= 0.3 is 21.7 Å². The van der Waals surface area contributed by atoms with Crippen LogP contribution in [-0.4, -0.2) is 14.7 Å². The molecular formula is C37H68Cl2NOSiTi. The molecule has 3 unspecified atom stereocenters. The zero-order valence-electron chi connectivity index (χ0n) is 29.2. The number of carbonyl (C=O) groups excluding carboxylic acids is 1. The molecule has 0 aliphatic heterocycles. The summed E-state index contributed by atoms with van der Waals surface area (Å²) in [7, 11) is -1.17. The molecule has 2 rings (SSSR count). The van der Waals surface area contributed by atoms with Gasteiger partial charge in [-0.25, -0.2) is 0 Å². The summed E-state index contributed by atoms with van der Waals surface area (Å²) in [4.78, 5) is 14.0. The second kappa shape index (κ2) is 25.5. The number of rotatable bonds is 16. The fourth-order valence-electron chi connectivity index (χ4n) is 8.52. The molecule has 43 heavy (non-hydrogen) atoms. The summed E-state index contributed by atoms with van der Waals surface area (Å²) in [6.45, 7) is 14.4. The van der Waals surface area contributed by atoms with Crippen LogP contribution in [0, 0.1) is 11.3 Å². The van der Waals surface area contributed by atoms with E-state index >= 15 is 0 Å². The van der Waals surface area contributed by atoms with Crippen molar-refractivity contribution in [3.63, 3.8) is 0 Å². The SMILES string of the molecule is CCCCCCCCC1=C(CCCCCC)C(CC)=C(C2(C([NH-])=O)CCCCCCCCCCC2[SiH](C)C)C1C.[Cl-].[Cl-].[Ti+3]. The summed E-state index contributed by atoms with van der Waals surface area (Å²) >= 11 is 0. The van der Waals surface area contributed by atoms with Gasteiger partial charge in [-0.1, -0.05) is 156 Å². The minimum absolute atomic E-state index is 0. The molecule has 2 nitrogen and oxygen atoms in total. The second-order valence-electron chi connectivity index (χ2n) is 13.8. The van der Waals surface area contributed by atoms with Crippen LogP contribution in [0.25, 0.3) is 5.73 Å². The van der Waals surface area contributed by atoms with E-state index in [1.54, 1.807) is 11.1 Å². The maximum atomic E-state index is 14.0. The van der Waals surface area contributed by atoms with Crippen LogP contribution in [0.2, 0.25) is 18.6 Å². The molecule has 0 saturated heterocycles. The van der Waals surface area contributed by atoms with Crippen LogP contribution >= 0.6 is 0 Å². The molecule has 6 heteroatoms. The Hall–Kier alpha value is 0.461. The first kappa shape index (κ1) is 45.6. The third-order valence-corrected chi connectivity index (χ3v) is 13.1. The van der Waals surface area contributed by atoms with Crippen LogP contribution in [0.5, 0.6) is 0 Å². The number of unbranched alkanes of at least 4 members (excludes halogenated alkanes) is 8. The molecule has 1 amide bonds. The number of carbonyl (C=O) groups is 1. The minimum atomic E-state index is -1.17. The van der Waals surface area contributed by atoms with Gasteiger partial charge in [0.1, 0.15) is 0 Å². The van der Waals surface area contributed by atoms with Gasteiger partial charge < -0.3 is 35.3 Å². The average Bonchev–Trinajstić information content (AvgIpc) is 3.19. The molecule has 0 aromatic rings. The van der Waals surface area contributed by atoms with Crippen molar-refractivity contribution in [2.75, 3.05) is 0 Å². The number of allylic oxidation sites excluding steroid dienone is 3. The van der Waals surface area contributed by atoms with Gasteiger partial charge in [-0.05, 0) is 66.7 Å². The normalized spacial score (nSPS) is 23.6. The van der Waals surface area contributed by atoms with Gasteiger partial charge in [0.2, 0.25) is 0 Å². The van der Waals surface area contributed by atoms with Crippen molar-refractivity contribution in [2.24, 2.45) is 11.3 Å². The van der Waals surface area contributed by atoms with E-state index < -0.39 is 14.2 Å². The molecule has 3 atom stereocenters. The maximum Gasteiger partial charge on any atom is 3.00 e. The molecule has 2 aliphatic carbocycles. The molecule has 0 spiro atoms. The van der Waals surface area contributed by atoms with Crippen LogP contribution in [0.4, 0.5) is 0 Å². The molecule has 0 aromatic carbocycles. The molecule has 0 bridgehead atoms. The van der Waals surface area contributed by atoms with Crippen molar-refractivity contribution < 1.29 is 51.3 Å². The molecule has 1 N–H and O–H groups in total. The molecule has 1 saturated carbocycles. The van der Waals surface area contributed by atoms with E-state index in [0.29, 0.717) is 11.5 Å². The van der Waals surface area contributed by atoms with Crippen molar-refractivity contribution in [3.05, 3.63) is 28.0 Å². The standard InChI is InChI=1S/C37H69NOSi.2ClH.Ti/c1-7-10-12-14-19-23-26-32-30(4)35(31(9-3)33(32)27-22-13-11-8-2)37(36(38)39)29-25-21-18-16-15-17-20-24-28-34(37)40(5)6;;;/h30,34,40H,7-29H2,1-6H3,(H2,38,39);2*1H;/q;;;+3/p-3. The fraction of sp³-hybridized carbons (Fsp3) is 0.865. The zero-order chi connectivity index (χ0) is 29.4. The molecule has 0 heterocycles. The number of halogens is 2. The largest absolute Gasteiger partial charge is 3.00 e. The van der Waals surface area contributed by atoms with Crippen LogP contribution in [0.15, 0.2) is 22.3 Å². The fourth-order valence-corrected chi connectivity index (χ4v) is 11.1. The summed E-state index contributed by atoms with van der Waals surface area (Å²) in [6.07, 6.45) is 29.0. The first-order valence-electron chi connectivity index (χ1n) is 18.1. The Morgan fingerprint density at radius 2 is 1.23 bits per heavy atom.